The highest BCUT2D eigenvalue weighted by molar-refractivity contribution is 4.98. The summed E-state index contributed by atoms with van der Waals surface area (Å²) in [6.45, 7) is 10.8. The van der Waals surface area contributed by atoms with Gasteiger partial charge in [0.15, 0.2) is 0 Å². The van der Waals surface area contributed by atoms with Crippen LogP contribution in [0.3, 0.4) is 0 Å². The molecule has 0 aromatic heterocycles. The molecule has 1 atom stereocenters. The third-order valence-electron chi connectivity index (χ3n) is 4.99. The van der Waals surface area contributed by atoms with Gasteiger partial charge in [-0.25, -0.2) is 0 Å². The molecule has 19 heavy (non-hydrogen) atoms. The first-order valence-electron chi connectivity index (χ1n) is 7.80. The van der Waals surface area contributed by atoms with Crippen molar-refractivity contribution < 1.29 is 4.74 Å². The van der Waals surface area contributed by atoms with Crippen molar-refractivity contribution in [2.45, 2.75) is 44.7 Å². The van der Waals surface area contributed by atoms with Gasteiger partial charge in [-0.3, -0.25) is 4.90 Å². The van der Waals surface area contributed by atoms with Crippen molar-refractivity contribution in [1.29, 1.82) is 0 Å². The van der Waals surface area contributed by atoms with E-state index < -0.39 is 0 Å². The Bertz CT molecular complexity index is 269. The molecule has 2 fully saturated rings. The molecule has 2 aliphatic heterocycles. The Morgan fingerprint density at radius 2 is 2.05 bits per heavy atom. The quantitative estimate of drug-likeness (QED) is 0.813. The van der Waals surface area contributed by atoms with E-state index in [-0.39, 0.29) is 5.54 Å². The first-order valence-corrected chi connectivity index (χ1v) is 7.80. The molecule has 0 spiro atoms. The number of rotatable bonds is 5. The highest BCUT2D eigenvalue weighted by Gasteiger charge is 2.40. The van der Waals surface area contributed by atoms with Gasteiger partial charge in [-0.1, -0.05) is 13.8 Å². The summed E-state index contributed by atoms with van der Waals surface area (Å²) in [7, 11) is 2.25. The van der Waals surface area contributed by atoms with E-state index in [1.165, 1.54) is 32.5 Å². The normalized spacial score (nSPS) is 28.4. The summed E-state index contributed by atoms with van der Waals surface area (Å²) in [4.78, 5) is 5.13. The van der Waals surface area contributed by atoms with Crippen LogP contribution in [-0.2, 0) is 4.74 Å². The maximum absolute atomic E-state index is 6.15. The van der Waals surface area contributed by atoms with Crippen molar-refractivity contribution in [1.82, 2.24) is 9.80 Å². The van der Waals surface area contributed by atoms with Crippen molar-refractivity contribution in [2.75, 3.05) is 46.4 Å². The van der Waals surface area contributed by atoms with E-state index >= 15 is 0 Å². The fourth-order valence-electron chi connectivity index (χ4n) is 3.58. The summed E-state index contributed by atoms with van der Waals surface area (Å²) in [6, 6.07) is 0.570. The second kappa shape index (κ2) is 6.53. The minimum absolute atomic E-state index is 0.200. The summed E-state index contributed by atoms with van der Waals surface area (Å²) < 4.78 is 5.54. The van der Waals surface area contributed by atoms with Crippen LogP contribution < -0.4 is 5.73 Å². The lowest BCUT2D eigenvalue weighted by Gasteiger charge is -2.49. The molecule has 2 N–H and O–H groups in total. The third kappa shape index (κ3) is 3.48. The Morgan fingerprint density at radius 3 is 2.53 bits per heavy atom. The minimum Gasteiger partial charge on any atom is -0.380 e. The van der Waals surface area contributed by atoms with E-state index in [4.69, 9.17) is 10.5 Å². The van der Waals surface area contributed by atoms with E-state index in [9.17, 15) is 0 Å². The highest BCUT2D eigenvalue weighted by atomic mass is 16.5. The van der Waals surface area contributed by atoms with Crippen LogP contribution in [0.25, 0.3) is 0 Å². The van der Waals surface area contributed by atoms with Crippen molar-refractivity contribution in [3.63, 3.8) is 0 Å². The van der Waals surface area contributed by atoms with Gasteiger partial charge in [0, 0.05) is 31.3 Å². The Kier molecular flexibility index (Phi) is 5.23. The van der Waals surface area contributed by atoms with Gasteiger partial charge in [0.2, 0.25) is 0 Å². The SMILES string of the molecule is CC(C)CN1CCC(CN)(N(C)C2CCOC2)CC1. The molecule has 0 aromatic carbocycles. The van der Waals surface area contributed by atoms with E-state index in [1.807, 2.05) is 0 Å². The summed E-state index contributed by atoms with van der Waals surface area (Å²) in [5.74, 6) is 0.756. The Hall–Kier alpha value is -0.160. The van der Waals surface area contributed by atoms with Crippen LogP contribution in [0.4, 0.5) is 0 Å². The van der Waals surface area contributed by atoms with E-state index in [2.05, 4.69) is 30.7 Å². The van der Waals surface area contributed by atoms with Gasteiger partial charge in [-0.2, -0.15) is 0 Å². The number of nitrogens with zero attached hydrogens (tertiary/aromatic N) is 2. The van der Waals surface area contributed by atoms with Crippen molar-refractivity contribution in [2.24, 2.45) is 11.7 Å². The van der Waals surface area contributed by atoms with Gasteiger partial charge in [-0.15, -0.1) is 0 Å². The van der Waals surface area contributed by atoms with Gasteiger partial charge < -0.3 is 15.4 Å². The zero-order chi connectivity index (χ0) is 13.9. The van der Waals surface area contributed by atoms with Crippen molar-refractivity contribution in [3.8, 4) is 0 Å². The van der Waals surface area contributed by atoms with Crippen molar-refractivity contribution >= 4 is 0 Å². The topological polar surface area (TPSA) is 41.7 Å². The molecule has 0 bridgehead atoms. The van der Waals surface area contributed by atoms with Crippen molar-refractivity contribution in [3.05, 3.63) is 0 Å². The number of likely N-dealkylation sites (tertiary alicyclic amines) is 1. The van der Waals surface area contributed by atoms with E-state index in [0.29, 0.717) is 6.04 Å². The molecule has 112 valence electrons. The lowest BCUT2D eigenvalue weighted by molar-refractivity contribution is 0.0106. The maximum atomic E-state index is 6.15. The van der Waals surface area contributed by atoms with Gasteiger partial charge in [0.1, 0.15) is 0 Å². The Balaban J connectivity index is 1.93. The van der Waals surface area contributed by atoms with Gasteiger partial charge in [0.05, 0.1) is 6.61 Å². The number of hydrogen-bond donors (Lipinski definition) is 1. The molecular formula is C15H31N3O. The van der Waals surface area contributed by atoms with Crippen LogP contribution >= 0.6 is 0 Å². The summed E-state index contributed by atoms with van der Waals surface area (Å²) in [5, 5.41) is 0. The standard InChI is InChI=1S/C15H31N3O/c1-13(2)10-18-7-5-15(12-16,6-8-18)17(3)14-4-9-19-11-14/h13-14H,4-12,16H2,1-3H3. The van der Waals surface area contributed by atoms with Crippen LogP contribution in [0, 0.1) is 5.92 Å². The first kappa shape index (κ1) is 15.2. The Labute approximate surface area is 118 Å². The number of piperidine rings is 1. The molecule has 0 saturated carbocycles. The largest absolute Gasteiger partial charge is 0.380 e. The number of hydrogen-bond acceptors (Lipinski definition) is 4. The molecule has 1 unspecified atom stereocenters. The summed E-state index contributed by atoms with van der Waals surface area (Å²) in [6.07, 6.45) is 3.56. The average Bonchev–Trinajstić information content (AvgIpc) is 2.92. The third-order valence-corrected chi connectivity index (χ3v) is 4.99. The number of ether oxygens (including phenoxy) is 1. The fourth-order valence-corrected chi connectivity index (χ4v) is 3.58. The first-order chi connectivity index (χ1) is 9.07. The van der Waals surface area contributed by atoms with Crippen LogP contribution in [0.15, 0.2) is 0 Å². The molecule has 0 radical (unpaired) electrons. The molecule has 2 saturated heterocycles. The smallest absolute Gasteiger partial charge is 0.0622 e. The van der Waals surface area contributed by atoms with Crippen LogP contribution in [-0.4, -0.2) is 67.8 Å². The maximum Gasteiger partial charge on any atom is 0.0622 e. The zero-order valence-corrected chi connectivity index (χ0v) is 12.9. The molecule has 0 aromatic rings. The lowest BCUT2D eigenvalue weighted by Crippen LogP contribution is -2.61. The predicted molar refractivity (Wildman–Crippen MR) is 79.3 cm³/mol. The minimum atomic E-state index is 0.200. The molecule has 0 aliphatic carbocycles. The molecule has 4 heteroatoms. The number of likely N-dealkylation sites (N-methyl/N-ethyl adjacent to an activating group) is 1. The van der Waals surface area contributed by atoms with Gasteiger partial charge in [0.25, 0.3) is 0 Å². The van der Waals surface area contributed by atoms with E-state index in [0.717, 1.165) is 32.1 Å². The predicted octanol–water partition coefficient (Wildman–Crippen LogP) is 1.16. The van der Waals surface area contributed by atoms with Gasteiger partial charge >= 0.3 is 0 Å². The summed E-state index contributed by atoms with van der Waals surface area (Å²) in [5.41, 5.74) is 6.35. The summed E-state index contributed by atoms with van der Waals surface area (Å²) >= 11 is 0. The highest BCUT2D eigenvalue weighted by Crippen LogP contribution is 2.31. The lowest BCUT2D eigenvalue weighted by atomic mass is 9.84. The fraction of sp³-hybridized carbons (Fsp3) is 1.00. The van der Waals surface area contributed by atoms with Gasteiger partial charge in [-0.05, 0) is 45.3 Å². The molecule has 0 amide bonds. The monoisotopic (exact) mass is 269 g/mol. The zero-order valence-electron chi connectivity index (χ0n) is 12.9. The second-order valence-corrected chi connectivity index (χ2v) is 6.75. The Morgan fingerprint density at radius 1 is 1.37 bits per heavy atom. The number of nitrogens with two attached hydrogens (primary N) is 1. The molecule has 2 heterocycles. The van der Waals surface area contributed by atoms with Crippen LogP contribution in [0.2, 0.25) is 0 Å². The molecule has 2 rings (SSSR count). The molecule has 2 aliphatic rings. The molecular weight excluding hydrogens is 238 g/mol. The average molecular weight is 269 g/mol. The van der Waals surface area contributed by atoms with E-state index in [1.54, 1.807) is 0 Å². The van der Waals surface area contributed by atoms with Crippen LogP contribution in [0.5, 0.6) is 0 Å². The van der Waals surface area contributed by atoms with Crippen LogP contribution in [0.1, 0.15) is 33.1 Å². The molecule has 4 nitrogen and oxygen atoms in total. The second-order valence-electron chi connectivity index (χ2n) is 6.75.